The lowest BCUT2D eigenvalue weighted by molar-refractivity contribution is -0.116. The van der Waals surface area contributed by atoms with Crippen LogP contribution < -0.4 is 10.1 Å². The molecule has 0 saturated carbocycles. The molecule has 2 aromatic rings. The Morgan fingerprint density at radius 2 is 1.88 bits per heavy atom. The molecule has 0 radical (unpaired) electrons. The first kappa shape index (κ1) is 20.3. The topological polar surface area (TPSA) is 75.7 Å². The van der Waals surface area contributed by atoms with Crippen LogP contribution in [0.2, 0.25) is 0 Å². The number of halogens is 2. The molecule has 0 aromatic heterocycles. The Morgan fingerprint density at radius 1 is 1.23 bits per heavy atom. The molecule has 0 saturated heterocycles. The van der Waals surface area contributed by atoms with Gasteiger partial charge in [0, 0.05) is 16.7 Å². The van der Waals surface area contributed by atoms with Crippen molar-refractivity contribution < 1.29 is 22.3 Å². The Balaban J connectivity index is 2.22. The van der Waals surface area contributed by atoms with E-state index in [0.717, 1.165) is 20.9 Å². The van der Waals surface area contributed by atoms with E-state index < -0.39 is 28.3 Å². The number of carbonyl (C=O) groups excluding carboxylic acids is 1. The van der Waals surface area contributed by atoms with Gasteiger partial charge in [-0.1, -0.05) is 22.9 Å². The van der Waals surface area contributed by atoms with Gasteiger partial charge in [0.15, 0.2) is 0 Å². The number of rotatable bonds is 7. The molecular formula is C17H18BrFN2O4S. The molecule has 0 heterocycles. The Hall–Kier alpha value is -1.97. The van der Waals surface area contributed by atoms with Crippen LogP contribution in [0.1, 0.15) is 6.92 Å². The molecule has 2 aromatic carbocycles. The Kier molecular flexibility index (Phi) is 6.74. The highest BCUT2D eigenvalue weighted by atomic mass is 79.9. The molecular weight excluding hydrogens is 427 g/mol. The number of hydrogen-bond acceptors (Lipinski definition) is 4. The predicted molar refractivity (Wildman–Crippen MR) is 100 cm³/mol. The van der Waals surface area contributed by atoms with Gasteiger partial charge >= 0.3 is 0 Å². The first-order valence-electron chi connectivity index (χ1n) is 7.67. The largest absolute Gasteiger partial charge is 0.495 e. The van der Waals surface area contributed by atoms with Gasteiger partial charge in [-0.05, 0) is 42.5 Å². The fourth-order valence-corrected chi connectivity index (χ4v) is 4.09. The molecule has 0 aliphatic rings. The first-order valence-corrected chi connectivity index (χ1v) is 9.90. The van der Waals surface area contributed by atoms with Gasteiger partial charge in [0.25, 0.3) is 0 Å². The van der Waals surface area contributed by atoms with Crippen LogP contribution in [-0.2, 0) is 14.8 Å². The number of anilines is 1. The monoisotopic (exact) mass is 444 g/mol. The minimum atomic E-state index is -4.11. The molecule has 1 N–H and O–H groups in total. The van der Waals surface area contributed by atoms with Crippen molar-refractivity contribution in [3.05, 3.63) is 52.8 Å². The van der Waals surface area contributed by atoms with Gasteiger partial charge in [0.05, 0.1) is 13.7 Å². The number of nitrogens with zero attached hydrogens (tertiary/aromatic N) is 1. The zero-order chi connectivity index (χ0) is 19.3. The summed E-state index contributed by atoms with van der Waals surface area (Å²) in [6.45, 7) is 1.22. The maximum absolute atomic E-state index is 13.5. The van der Waals surface area contributed by atoms with E-state index in [0.29, 0.717) is 5.69 Å². The standard InChI is InChI=1S/C17H18BrFN2O4S/c1-3-21(11-17(22)20-14-7-4-12(18)5-8-14)26(23,24)16-10-13(19)6-9-15(16)25-2/h4-10H,3,11H2,1-2H3,(H,20,22). The summed E-state index contributed by atoms with van der Waals surface area (Å²) in [5, 5.41) is 2.63. The summed E-state index contributed by atoms with van der Waals surface area (Å²) in [5.74, 6) is -1.20. The summed E-state index contributed by atoms with van der Waals surface area (Å²) in [6.07, 6.45) is 0. The lowest BCUT2D eigenvalue weighted by Crippen LogP contribution is -2.38. The molecule has 1 amide bonds. The summed E-state index contributed by atoms with van der Waals surface area (Å²) >= 11 is 3.29. The number of amides is 1. The molecule has 6 nitrogen and oxygen atoms in total. The maximum atomic E-state index is 13.5. The fourth-order valence-electron chi connectivity index (χ4n) is 2.25. The van der Waals surface area contributed by atoms with Crippen molar-refractivity contribution >= 4 is 37.5 Å². The summed E-state index contributed by atoms with van der Waals surface area (Å²) in [5.41, 5.74) is 0.537. The van der Waals surface area contributed by atoms with Crippen LogP contribution in [0.4, 0.5) is 10.1 Å². The minimum Gasteiger partial charge on any atom is -0.495 e. The fraction of sp³-hybridized carbons (Fsp3) is 0.235. The highest BCUT2D eigenvalue weighted by Crippen LogP contribution is 2.27. The second kappa shape index (κ2) is 8.61. The quantitative estimate of drug-likeness (QED) is 0.710. The van der Waals surface area contributed by atoms with Gasteiger partial charge in [0.1, 0.15) is 16.5 Å². The molecule has 0 spiro atoms. The Bertz CT molecular complexity index is 888. The zero-order valence-electron chi connectivity index (χ0n) is 14.2. The molecule has 0 atom stereocenters. The van der Waals surface area contributed by atoms with Crippen molar-refractivity contribution in [3.8, 4) is 5.75 Å². The van der Waals surface area contributed by atoms with Gasteiger partial charge < -0.3 is 10.1 Å². The van der Waals surface area contributed by atoms with Crippen LogP contribution in [0.25, 0.3) is 0 Å². The lowest BCUT2D eigenvalue weighted by Gasteiger charge is -2.21. The van der Waals surface area contributed by atoms with E-state index in [1.165, 1.54) is 13.2 Å². The number of likely N-dealkylation sites (N-methyl/N-ethyl adjacent to an activating group) is 1. The van der Waals surface area contributed by atoms with E-state index in [4.69, 9.17) is 4.74 Å². The van der Waals surface area contributed by atoms with E-state index in [9.17, 15) is 17.6 Å². The number of ether oxygens (including phenoxy) is 1. The van der Waals surface area contributed by atoms with Crippen molar-refractivity contribution in [2.24, 2.45) is 0 Å². The smallest absolute Gasteiger partial charge is 0.247 e. The van der Waals surface area contributed by atoms with Crippen molar-refractivity contribution in [2.75, 3.05) is 25.5 Å². The summed E-state index contributed by atoms with van der Waals surface area (Å²) in [7, 11) is -2.82. The van der Waals surface area contributed by atoms with Gasteiger partial charge in [-0.25, -0.2) is 12.8 Å². The molecule has 2 rings (SSSR count). The number of nitrogens with one attached hydrogen (secondary N) is 1. The number of hydrogen-bond donors (Lipinski definition) is 1. The second-order valence-electron chi connectivity index (χ2n) is 5.28. The Labute approximate surface area is 160 Å². The highest BCUT2D eigenvalue weighted by molar-refractivity contribution is 9.10. The van der Waals surface area contributed by atoms with Crippen LogP contribution >= 0.6 is 15.9 Å². The van der Waals surface area contributed by atoms with Gasteiger partial charge in [-0.2, -0.15) is 4.31 Å². The number of carbonyl (C=O) groups is 1. The third-order valence-electron chi connectivity index (χ3n) is 3.54. The summed E-state index contributed by atoms with van der Waals surface area (Å²) in [4.78, 5) is 11.9. The molecule has 0 unspecified atom stereocenters. The second-order valence-corrected chi connectivity index (χ2v) is 8.10. The van der Waals surface area contributed by atoms with E-state index in [2.05, 4.69) is 21.2 Å². The van der Waals surface area contributed by atoms with Gasteiger partial charge in [-0.3, -0.25) is 4.79 Å². The molecule has 0 bridgehead atoms. The number of sulfonamides is 1. The van der Waals surface area contributed by atoms with Crippen molar-refractivity contribution in [1.82, 2.24) is 4.31 Å². The molecule has 140 valence electrons. The SMILES string of the molecule is CCN(CC(=O)Nc1ccc(Br)cc1)S(=O)(=O)c1cc(F)ccc1OC. The summed E-state index contributed by atoms with van der Waals surface area (Å²) in [6, 6.07) is 10.1. The molecule has 9 heteroatoms. The van der Waals surface area contributed by atoms with Crippen LogP contribution in [0, 0.1) is 5.82 Å². The number of methoxy groups -OCH3 is 1. The van der Waals surface area contributed by atoms with E-state index in [-0.39, 0.29) is 17.2 Å². The zero-order valence-corrected chi connectivity index (χ0v) is 16.6. The van der Waals surface area contributed by atoms with Crippen molar-refractivity contribution in [2.45, 2.75) is 11.8 Å². The van der Waals surface area contributed by atoms with Crippen LogP contribution in [-0.4, -0.2) is 38.8 Å². The normalized spacial score (nSPS) is 11.4. The predicted octanol–water partition coefficient (Wildman–Crippen LogP) is 3.25. The van der Waals surface area contributed by atoms with Gasteiger partial charge in [-0.15, -0.1) is 0 Å². The summed E-state index contributed by atoms with van der Waals surface area (Å²) < 4.78 is 46.0. The van der Waals surface area contributed by atoms with E-state index >= 15 is 0 Å². The molecule has 0 aliphatic heterocycles. The average Bonchev–Trinajstić information content (AvgIpc) is 2.61. The van der Waals surface area contributed by atoms with Gasteiger partial charge in [0.2, 0.25) is 15.9 Å². The molecule has 0 fully saturated rings. The van der Waals surface area contributed by atoms with Crippen LogP contribution in [0.15, 0.2) is 51.8 Å². The minimum absolute atomic E-state index is 0.0122. The molecule has 26 heavy (non-hydrogen) atoms. The Morgan fingerprint density at radius 3 is 2.46 bits per heavy atom. The average molecular weight is 445 g/mol. The molecule has 0 aliphatic carbocycles. The van der Waals surface area contributed by atoms with Crippen molar-refractivity contribution in [3.63, 3.8) is 0 Å². The highest BCUT2D eigenvalue weighted by Gasteiger charge is 2.29. The maximum Gasteiger partial charge on any atom is 0.247 e. The van der Waals surface area contributed by atoms with E-state index in [1.807, 2.05) is 0 Å². The third kappa shape index (κ3) is 4.80. The van der Waals surface area contributed by atoms with Crippen molar-refractivity contribution in [1.29, 1.82) is 0 Å². The van der Waals surface area contributed by atoms with E-state index in [1.54, 1.807) is 31.2 Å². The van der Waals surface area contributed by atoms with Crippen LogP contribution in [0.3, 0.4) is 0 Å². The first-order chi connectivity index (χ1) is 12.3. The van der Waals surface area contributed by atoms with Crippen LogP contribution in [0.5, 0.6) is 5.75 Å². The third-order valence-corrected chi connectivity index (χ3v) is 6.01. The number of benzene rings is 2. The lowest BCUT2D eigenvalue weighted by atomic mass is 10.3.